The van der Waals surface area contributed by atoms with Gasteiger partial charge in [0.1, 0.15) is 23.1 Å². The lowest BCUT2D eigenvalue weighted by Gasteiger charge is -2.09. The van der Waals surface area contributed by atoms with Crippen LogP contribution in [-0.2, 0) is 4.79 Å². The highest BCUT2D eigenvalue weighted by Crippen LogP contribution is 2.29. The summed E-state index contributed by atoms with van der Waals surface area (Å²) in [6.07, 6.45) is 1.58. The van der Waals surface area contributed by atoms with Gasteiger partial charge >= 0.3 is 0 Å². The number of nitriles is 1. The van der Waals surface area contributed by atoms with Crippen LogP contribution in [0.3, 0.4) is 0 Å². The van der Waals surface area contributed by atoms with Gasteiger partial charge in [-0.25, -0.2) is 0 Å². The zero-order valence-electron chi connectivity index (χ0n) is 15.0. The van der Waals surface area contributed by atoms with Crippen molar-refractivity contribution in [1.82, 2.24) is 0 Å². The van der Waals surface area contributed by atoms with Gasteiger partial charge in [-0.1, -0.05) is 30.3 Å². The fourth-order valence-electron chi connectivity index (χ4n) is 2.78. The normalized spacial score (nSPS) is 10.9. The van der Waals surface area contributed by atoms with E-state index >= 15 is 0 Å². The Hall–Kier alpha value is -3.78. The first-order valence-corrected chi connectivity index (χ1v) is 8.29. The summed E-state index contributed by atoms with van der Waals surface area (Å²) in [7, 11) is 3.18. The van der Waals surface area contributed by atoms with Gasteiger partial charge in [0.25, 0.3) is 5.91 Å². The molecule has 0 saturated heterocycles. The second-order valence-corrected chi connectivity index (χ2v) is 5.76. The molecule has 3 aromatic carbocycles. The maximum atomic E-state index is 12.5. The summed E-state index contributed by atoms with van der Waals surface area (Å²) in [5, 5.41) is 14.0. The van der Waals surface area contributed by atoms with E-state index in [9.17, 15) is 10.1 Å². The van der Waals surface area contributed by atoms with Crippen molar-refractivity contribution in [3.8, 4) is 17.6 Å². The van der Waals surface area contributed by atoms with Gasteiger partial charge in [0.2, 0.25) is 0 Å². The maximum absolute atomic E-state index is 12.5. The standard InChI is InChI=1S/C22H18N2O3/c1-26-18-10-8-17(9-11-18)24-22(25)16(14-23)13-15-7-12-21(27-2)20-6-4-3-5-19(15)20/h3-13H,1-2H3,(H,24,25)/b16-13-. The number of ether oxygens (including phenoxy) is 2. The molecule has 5 heteroatoms. The van der Waals surface area contributed by atoms with Crippen molar-refractivity contribution in [2.24, 2.45) is 0 Å². The Morgan fingerprint density at radius 2 is 1.67 bits per heavy atom. The molecule has 1 N–H and O–H groups in total. The van der Waals surface area contributed by atoms with Gasteiger partial charge in [0, 0.05) is 11.1 Å². The van der Waals surface area contributed by atoms with Gasteiger partial charge in [0.15, 0.2) is 0 Å². The molecule has 27 heavy (non-hydrogen) atoms. The predicted molar refractivity (Wildman–Crippen MR) is 106 cm³/mol. The van der Waals surface area contributed by atoms with Gasteiger partial charge in [-0.2, -0.15) is 5.26 Å². The number of nitrogens with one attached hydrogen (secondary N) is 1. The Morgan fingerprint density at radius 3 is 2.30 bits per heavy atom. The van der Waals surface area contributed by atoms with Crippen molar-refractivity contribution in [3.05, 3.63) is 71.8 Å². The molecule has 5 nitrogen and oxygen atoms in total. The minimum atomic E-state index is -0.470. The number of rotatable bonds is 5. The summed E-state index contributed by atoms with van der Waals surface area (Å²) in [4.78, 5) is 12.5. The molecule has 0 aliphatic carbocycles. The smallest absolute Gasteiger partial charge is 0.266 e. The first kappa shape index (κ1) is 18.0. The van der Waals surface area contributed by atoms with E-state index in [1.807, 2.05) is 42.5 Å². The number of carbonyl (C=O) groups is 1. The number of nitrogens with zero attached hydrogens (tertiary/aromatic N) is 1. The molecule has 0 heterocycles. The van der Waals surface area contributed by atoms with Crippen LogP contribution < -0.4 is 14.8 Å². The molecule has 0 saturated carbocycles. The molecular weight excluding hydrogens is 340 g/mol. The zero-order chi connectivity index (χ0) is 19.2. The average Bonchev–Trinajstić information content (AvgIpc) is 2.72. The molecule has 134 valence electrons. The van der Waals surface area contributed by atoms with Crippen LogP contribution in [0.4, 0.5) is 5.69 Å². The van der Waals surface area contributed by atoms with Crippen molar-refractivity contribution in [3.63, 3.8) is 0 Å². The van der Waals surface area contributed by atoms with Crippen molar-refractivity contribution >= 4 is 28.4 Å². The molecule has 0 radical (unpaired) electrons. The molecule has 0 aliphatic rings. The van der Waals surface area contributed by atoms with E-state index in [2.05, 4.69) is 5.32 Å². The molecule has 3 aromatic rings. The summed E-state index contributed by atoms with van der Waals surface area (Å²) in [5.41, 5.74) is 1.37. The van der Waals surface area contributed by atoms with Gasteiger partial charge in [-0.3, -0.25) is 4.79 Å². The Bertz CT molecular complexity index is 1050. The number of amides is 1. The van der Waals surface area contributed by atoms with Crippen LogP contribution in [0, 0.1) is 11.3 Å². The zero-order valence-corrected chi connectivity index (χ0v) is 15.0. The summed E-state index contributed by atoms with van der Waals surface area (Å²) in [6, 6.07) is 20.2. The monoisotopic (exact) mass is 358 g/mol. The van der Waals surface area contributed by atoms with Crippen LogP contribution in [0.1, 0.15) is 5.56 Å². The number of fused-ring (bicyclic) bond motifs is 1. The molecular formula is C22H18N2O3. The lowest BCUT2D eigenvalue weighted by Crippen LogP contribution is -2.13. The molecule has 0 spiro atoms. The molecule has 0 fully saturated rings. The second-order valence-electron chi connectivity index (χ2n) is 5.76. The van der Waals surface area contributed by atoms with Crippen LogP contribution >= 0.6 is 0 Å². The molecule has 0 bridgehead atoms. The van der Waals surface area contributed by atoms with Crippen molar-refractivity contribution in [2.75, 3.05) is 19.5 Å². The Labute approximate surface area is 157 Å². The molecule has 0 aromatic heterocycles. The largest absolute Gasteiger partial charge is 0.497 e. The highest BCUT2D eigenvalue weighted by molar-refractivity contribution is 6.11. The first-order valence-electron chi connectivity index (χ1n) is 8.29. The van der Waals surface area contributed by atoms with Gasteiger partial charge in [-0.05, 0) is 47.4 Å². The lowest BCUT2D eigenvalue weighted by molar-refractivity contribution is -0.112. The molecule has 0 atom stereocenters. The third-order valence-electron chi connectivity index (χ3n) is 4.15. The third-order valence-corrected chi connectivity index (χ3v) is 4.15. The fourth-order valence-corrected chi connectivity index (χ4v) is 2.78. The number of hydrogen-bond acceptors (Lipinski definition) is 4. The minimum absolute atomic E-state index is 0.0149. The molecule has 0 aliphatic heterocycles. The van der Waals surface area contributed by atoms with Crippen molar-refractivity contribution < 1.29 is 14.3 Å². The van der Waals surface area contributed by atoms with E-state index in [4.69, 9.17) is 9.47 Å². The number of anilines is 1. The summed E-state index contributed by atoms with van der Waals surface area (Å²) >= 11 is 0. The van der Waals surface area contributed by atoms with Crippen LogP contribution in [-0.4, -0.2) is 20.1 Å². The topological polar surface area (TPSA) is 71.3 Å². The van der Waals surface area contributed by atoms with Crippen LogP contribution in [0.25, 0.3) is 16.8 Å². The van der Waals surface area contributed by atoms with Crippen LogP contribution in [0.5, 0.6) is 11.5 Å². The Kier molecular flexibility index (Phi) is 5.38. The SMILES string of the molecule is COc1ccc(NC(=O)/C(C#N)=C\c2ccc(OC)c3ccccc23)cc1. The van der Waals surface area contributed by atoms with Crippen LogP contribution in [0.2, 0.25) is 0 Å². The average molecular weight is 358 g/mol. The van der Waals surface area contributed by atoms with E-state index in [0.29, 0.717) is 11.4 Å². The second kappa shape index (κ2) is 8.07. The van der Waals surface area contributed by atoms with Crippen LogP contribution in [0.15, 0.2) is 66.2 Å². The quantitative estimate of drug-likeness (QED) is 0.542. The minimum Gasteiger partial charge on any atom is -0.497 e. The van der Waals surface area contributed by atoms with Crippen molar-refractivity contribution in [2.45, 2.75) is 0 Å². The fraction of sp³-hybridized carbons (Fsp3) is 0.0909. The van der Waals surface area contributed by atoms with E-state index in [-0.39, 0.29) is 5.57 Å². The number of methoxy groups -OCH3 is 2. The molecule has 3 rings (SSSR count). The highest BCUT2D eigenvalue weighted by Gasteiger charge is 2.12. The van der Waals surface area contributed by atoms with Gasteiger partial charge in [-0.15, -0.1) is 0 Å². The van der Waals surface area contributed by atoms with Gasteiger partial charge in [0.05, 0.1) is 14.2 Å². The first-order chi connectivity index (χ1) is 13.2. The van der Waals surface area contributed by atoms with Gasteiger partial charge < -0.3 is 14.8 Å². The summed E-state index contributed by atoms with van der Waals surface area (Å²) < 4.78 is 10.5. The van der Waals surface area contributed by atoms with E-state index in [1.54, 1.807) is 44.6 Å². The Morgan fingerprint density at radius 1 is 0.963 bits per heavy atom. The summed E-state index contributed by atoms with van der Waals surface area (Å²) in [6.45, 7) is 0. The Balaban J connectivity index is 1.93. The number of carbonyl (C=O) groups excluding carboxylic acids is 1. The molecule has 1 amide bonds. The predicted octanol–water partition coefficient (Wildman–Crippen LogP) is 4.40. The third kappa shape index (κ3) is 3.91. The van der Waals surface area contributed by atoms with E-state index in [1.165, 1.54) is 0 Å². The van der Waals surface area contributed by atoms with Crippen molar-refractivity contribution in [1.29, 1.82) is 5.26 Å². The highest BCUT2D eigenvalue weighted by atomic mass is 16.5. The van der Waals surface area contributed by atoms with E-state index < -0.39 is 5.91 Å². The number of hydrogen-bond donors (Lipinski definition) is 1. The van der Waals surface area contributed by atoms with E-state index in [0.717, 1.165) is 22.1 Å². The number of benzene rings is 3. The summed E-state index contributed by atoms with van der Waals surface area (Å²) in [5.74, 6) is 0.959. The molecule has 0 unspecified atom stereocenters. The lowest BCUT2D eigenvalue weighted by atomic mass is 10.0. The maximum Gasteiger partial charge on any atom is 0.266 e.